The maximum atomic E-state index is 13.0. The molecule has 178 valence electrons. The largest absolute Gasteiger partial charge is 0.493 e. The molecule has 0 atom stereocenters. The molecule has 1 aliphatic heterocycles. The van der Waals surface area contributed by atoms with Crippen LogP contribution in [0.15, 0.2) is 42.5 Å². The molecule has 0 aromatic heterocycles. The molecule has 2 aromatic carbocycles. The SMILES string of the molecule is CCN(Cc1ccc(C(=O)N2CCN(C(=O)c3ccc(OC)c(OC)c3)CC2)cc1)C(C)C. The monoisotopic (exact) mass is 453 g/mol. The lowest BCUT2D eigenvalue weighted by Crippen LogP contribution is -2.50. The first-order valence-electron chi connectivity index (χ1n) is 11.5. The number of carbonyl (C=O) groups is 2. The van der Waals surface area contributed by atoms with Crippen molar-refractivity contribution in [2.45, 2.75) is 33.4 Å². The van der Waals surface area contributed by atoms with E-state index in [0.29, 0.717) is 54.8 Å². The molecule has 1 heterocycles. The smallest absolute Gasteiger partial charge is 0.254 e. The average molecular weight is 454 g/mol. The van der Waals surface area contributed by atoms with Crippen molar-refractivity contribution in [2.75, 3.05) is 46.9 Å². The summed E-state index contributed by atoms with van der Waals surface area (Å²) in [7, 11) is 3.11. The molecule has 33 heavy (non-hydrogen) atoms. The van der Waals surface area contributed by atoms with Gasteiger partial charge in [0.2, 0.25) is 0 Å². The number of methoxy groups -OCH3 is 2. The molecule has 0 saturated carbocycles. The molecule has 0 unspecified atom stereocenters. The predicted octanol–water partition coefficient (Wildman–Crippen LogP) is 3.53. The van der Waals surface area contributed by atoms with Gasteiger partial charge in [-0.15, -0.1) is 0 Å². The van der Waals surface area contributed by atoms with Crippen LogP contribution in [0.2, 0.25) is 0 Å². The number of carbonyl (C=O) groups excluding carboxylic acids is 2. The number of piperazine rings is 1. The Morgan fingerprint density at radius 2 is 1.36 bits per heavy atom. The number of nitrogens with zero attached hydrogens (tertiary/aromatic N) is 3. The maximum Gasteiger partial charge on any atom is 0.254 e. The van der Waals surface area contributed by atoms with Crippen molar-refractivity contribution in [1.82, 2.24) is 14.7 Å². The molecule has 1 saturated heterocycles. The van der Waals surface area contributed by atoms with E-state index in [4.69, 9.17) is 9.47 Å². The molecule has 1 fully saturated rings. The van der Waals surface area contributed by atoms with Crippen molar-refractivity contribution >= 4 is 11.8 Å². The lowest BCUT2D eigenvalue weighted by atomic mass is 10.1. The van der Waals surface area contributed by atoms with Gasteiger partial charge in [-0.05, 0) is 56.3 Å². The van der Waals surface area contributed by atoms with E-state index >= 15 is 0 Å². The Bertz CT molecular complexity index is 951. The third kappa shape index (κ3) is 5.85. The van der Waals surface area contributed by atoms with Crippen LogP contribution in [0.5, 0.6) is 11.5 Å². The fourth-order valence-electron chi connectivity index (χ4n) is 4.09. The minimum atomic E-state index is -0.0713. The van der Waals surface area contributed by atoms with Crippen LogP contribution in [-0.2, 0) is 6.54 Å². The summed E-state index contributed by atoms with van der Waals surface area (Å²) < 4.78 is 10.6. The quantitative estimate of drug-likeness (QED) is 0.612. The molecular formula is C26H35N3O4. The lowest BCUT2D eigenvalue weighted by molar-refractivity contribution is 0.0535. The Labute approximate surface area is 196 Å². The van der Waals surface area contributed by atoms with Crippen LogP contribution in [0, 0.1) is 0 Å². The Hall–Kier alpha value is -3.06. The minimum absolute atomic E-state index is 0.0102. The number of rotatable bonds is 8. The van der Waals surface area contributed by atoms with E-state index in [9.17, 15) is 9.59 Å². The van der Waals surface area contributed by atoms with Gasteiger partial charge in [-0.25, -0.2) is 0 Å². The predicted molar refractivity (Wildman–Crippen MR) is 129 cm³/mol. The first-order valence-corrected chi connectivity index (χ1v) is 11.5. The van der Waals surface area contributed by atoms with Crippen LogP contribution in [0.1, 0.15) is 47.1 Å². The third-order valence-corrected chi connectivity index (χ3v) is 6.21. The second-order valence-electron chi connectivity index (χ2n) is 8.51. The Morgan fingerprint density at radius 3 is 1.85 bits per heavy atom. The van der Waals surface area contributed by atoms with E-state index in [1.54, 1.807) is 37.3 Å². The summed E-state index contributed by atoms with van der Waals surface area (Å²) in [6.45, 7) is 10.4. The van der Waals surface area contributed by atoms with Gasteiger partial charge in [0.25, 0.3) is 11.8 Å². The number of benzene rings is 2. The van der Waals surface area contributed by atoms with Crippen molar-refractivity contribution in [3.05, 3.63) is 59.2 Å². The number of hydrogen-bond donors (Lipinski definition) is 0. The minimum Gasteiger partial charge on any atom is -0.493 e. The average Bonchev–Trinajstić information content (AvgIpc) is 2.86. The van der Waals surface area contributed by atoms with Gasteiger partial charge in [0, 0.05) is 49.9 Å². The normalized spacial score (nSPS) is 14.0. The van der Waals surface area contributed by atoms with Gasteiger partial charge in [0.1, 0.15) is 0 Å². The summed E-state index contributed by atoms with van der Waals surface area (Å²) >= 11 is 0. The third-order valence-electron chi connectivity index (χ3n) is 6.21. The summed E-state index contributed by atoms with van der Waals surface area (Å²) in [5.41, 5.74) is 2.43. The Morgan fingerprint density at radius 1 is 0.848 bits per heavy atom. The Kier molecular flexibility index (Phi) is 8.33. The highest BCUT2D eigenvalue weighted by atomic mass is 16.5. The van der Waals surface area contributed by atoms with Gasteiger partial charge >= 0.3 is 0 Å². The van der Waals surface area contributed by atoms with Crippen LogP contribution in [0.25, 0.3) is 0 Å². The molecule has 2 amide bonds. The van der Waals surface area contributed by atoms with Crippen molar-refractivity contribution in [2.24, 2.45) is 0 Å². The summed E-state index contributed by atoms with van der Waals surface area (Å²) in [5, 5.41) is 0. The van der Waals surface area contributed by atoms with E-state index in [1.165, 1.54) is 5.56 Å². The standard InChI is InChI=1S/C26H35N3O4/c1-6-27(19(2)3)18-20-7-9-21(10-8-20)25(30)28-13-15-29(16-14-28)26(31)22-11-12-23(32-4)24(17-22)33-5/h7-12,17,19H,6,13-16,18H2,1-5H3. The first-order chi connectivity index (χ1) is 15.9. The first kappa shape index (κ1) is 24.6. The van der Waals surface area contributed by atoms with Gasteiger partial charge in [-0.1, -0.05) is 19.1 Å². The van der Waals surface area contributed by atoms with E-state index in [1.807, 2.05) is 29.2 Å². The molecular weight excluding hydrogens is 418 g/mol. The summed E-state index contributed by atoms with van der Waals surface area (Å²) in [6.07, 6.45) is 0. The van der Waals surface area contributed by atoms with Gasteiger partial charge < -0.3 is 19.3 Å². The number of hydrogen-bond acceptors (Lipinski definition) is 5. The highest BCUT2D eigenvalue weighted by molar-refractivity contribution is 5.96. The second-order valence-corrected chi connectivity index (χ2v) is 8.51. The molecule has 0 spiro atoms. The Balaban J connectivity index is 1.58. The topological polar surface area (TPSA) is 62.3 Å². The molecule has 0 bridgehead atoms. The van der Waals surface area contributed by atoms with Gasteiger partial charge in [-0.2, -0.15) is 0 Å². The summed E-state index contributed by atoms with van der Waals surface area (Å²) in [4.78, 5) is 31.9. The van der Waals surface area contributed by atoms with Crippen molar-refractivity contribution in [3.63, 3.8) is 0 Å². The van der Waals surface area contributed by atoms with Crippen molar-refractivity contribution in [3.8, 4) is 11.5 Å². The molecule has 1 aliphatic rings. The highest BCUT2D eigenvalue weighted by Crippen LogP contribution is 2.28. The van der Waals surface area contributed by atoms with Crippen LogP contribution in [0.3, 0.4) is 0 Å². The fourth-order valence-corrected chi connectivity index (χ4v) is 4.09. The number of ether oxygens (including phenoxy) is 2. The lowest BCUT2D eigenvalue weighted by Gasteiger charge is -2.35. The highest BCUT2D eigenvalue weighted by Gasteiger charge is 2.26. The van der Waals surface area contributed by atoms with E-state index in [0.717, 1.165) is 13.1 Å². The second kappa shape index (κ2) is 11.2. The maximum absolute atomic E-state index is 13.0. The zero-order valence-electron chi connectivity index (χ0n) is 20.3. The number of amides is 2. The molecule has 7 heteroatoms. The van der Waals surface area contributed by atoms with Crippen LogP contribution >= 0.6 is 0 Å². The van der Waals surface area contributed by atoms with Gasteiger partial charge in [0.15, 0.2) is 11.5 Å². The van der Waals surface area contributed by atoms with Crippen LogP contribution in [-0.4, -0.2) is 79.5 Å². The van der Waals surface area contributed by atoms with E-state index in [2.05, 4.69) is 25.7 Å². The zero-order chi connectivity index (χ0) is 24.0. The zero-order valence-corrected chi connectivity index (χ0v) is 20.3. The van der Waals surface area contributed by atoms with E-state index in [-0.39, 0.29) is 11.8 Å². The molecule has 3 rings (SSSR count). The van der Waals surface area contributed by atoms with E-state index < -0.39 is 0 Å². The molecule has 7 nitrogen and oxygen atoms in total. The summed E-state index contributed by atoms with van der Waals surface area (Å²) in [6, 6.07) is 13.5. The fraction of sp³-hybridized carbons (Fsp3) is 0.462. The van der Waals surface area contributed by atoms with Crippen LogP contribution < -0.4 is 9.47 Å². The van der Waals surface area contributed by atoms with Gasteiger partial charge in [0.05, 0.1) is 14.2 Å². The van der Waals surface area contributed by atoms with Crippen molar-refractivity contribution in [1.29, 1.82) is 0 Å². The van der Waals surface area contributed by atoms with Crippen molar-refractivity contribution < 1.29 is 19.1 Å². The van der Waals surface area contributed by atoms with Crippen LogP contribution in [0.4, 0.5) is 0 Å². The molecule has 0 aliphatic carbocycles. The molecule has 2 aromatic rings. The molecule has 0 radical (unpaired) electrons. The summed E-state index contributed by atoms with van der Waals surface area (Å²) in [5.74, 6) is 1.05. The van der Waals surface area contributed by atoms with Gasteiger partial charge in [-0.3, -0.25) is 14.5 Å². The molecule has 0 N–H and O–H groups in total.